The van der Waals surface area contributed by atoms with E-state index in [1.807, 2.05) is 19.1 Å². The molecule has 1 saturated carbocycles. The number of amides is 1. The number of nitrogens with one attached hydrogen (secondary N) is 1. The standard InChI is InChI=1S/C15H19ClN4O/c1-10-2-5-12-14(18-10)20(13(19-12)6-7-16)9-8-17-15(21)11-3-4-11/h2,5,11H,3-4,6-9H2,1H3,(H,17,21). The van der Waals surface area contributed by atoms with Crippen molar-refractivity contribution >= 4 is 28.7 Å². The molecular weight excluding hydrogens is 288 g/mol. The molecule has 1 N–H and O–H groups in total. The van der Waals surface area contributed by atoms with E-state index in [9.17, 15) is 4.79 Å². The van der Waals surface area contributed by atoms with Gasteiger partial charge in [0.05, 0.1) is 0 Å². The number of fused-ring (bicyclic) bond motifs is 1. The molecule has 0 bridgehead atoms. The zero-order chi connectivity index (χ0) is 14.8. The van der Waals surface area contributed by atoms with Crippen molar-refractivity contribution in [2.24, 2.45) is 5.92 Å². The van der Waals surface area contributed by atoms with E-state index in [1.165, 1.54) is 0 Å². The molecule has 1 fully saturated rings. The smallest absolute Gasteiger partial charge is 0.223 e. The van der Waals surface area contributed by atoms with Gasteiger partial charge >= 0.3 is 0 Å². The molecule has 0 saturated heterocycles. The summed E-state index contributed by atoms with van der Waals surface area (Å²) >= 11 is 5.86. The topological polar surface area (TPSA) is 59.8 Å². The lowest BCUT2D eigenvalue weighted by molar-refractivity contribution is -0.122. The Hall–Kier alpha value is -1.62. The second-order valence-corrected chi connectivity index (χ2v) is 5.86. The highest BCUT2D eigenvalue weighted by Gasteiger charge is 2.29. The first-order valence-electron chi connectivity index (χ1n) is 7.35. The fraction of sp³-hybridized carbons (Fsp3) is 0.533. The van der Waals surface area contributed by atoms with E-state index < -0.39 is 0 Å². The zero-order valence-corrected chi connectivity index (χ0v) is 12.9. The third-order valence-electron chi connectivity index (χ3n) is 3.71. The Labute approximate surface area is 128 Å². The molecule has 2 aromatic rings. The van der Waals surface area contributed by atoms with Crippen molar-refractivity contribution in [2.45, 2.75) is 32.7 Å². The number of aryl methyl sites for hydroxylation is 2. The molecule has 1 aliphatic rings. The molecule has 0 spiro atoms. The molecular formula is C15H19ClN4O. The van der Waals surface area contributed by atoms with Crippen molar-refractivity contribution in [3.63, 3.8) is 0 Å². The van der Waals surface area contributed by atoms with Crippen LogP contribution < -0.4 is 5.32 Å². The maximum absolute atomic E-state index is 11.7. The van der Waals surface area contributed by atoms with E-state index in [2.05, 4.69) is 19.9 Å². The van der Waals surface area contributed by atoms with E-state index >= 15 is 0 Å². The van der Waals surface area contributed by atoms with Gasteiger partial charge in [-0.3, -0.25) is 4.79 Å². The lowest BCUT2D eigenvalue weighted by Gasteiger charge is -2.09. The minimum atomic E-state index is 0.169. The summed E-state index contributed by atoms with van der Waals surface area (Å²) in [6, 6.07) is 3.94. The SMILES string of the molecule is Cc1ccc2nc(CCCl)n(CCNC(=O)C3CC3)c2n1. The number of pyridine rings is 1. The number of carbonyl (C=O) groups is 1. The van der Waals surface area contributed by atoms with Gasteiger partial charge in [-0.1, -0.05) is 0 Å². The van der Waals surface area contributed by atoms with Crippen LogP contribution in [-0.4, -0.2) is 32.9 Å². The van der Waals surface area contributed by atoms with Crippen LogP contribution in [0.25, 0.3) is 11.2 Å². The van der Waals surface area contributed by atoms with Crippen LogP contribution in [0.1, 0.15) is 24.4 Å². The maximum atomic E-state index is 11.7. The van der Waals surface area contributed by atoms with Gasteiger partial charge in [-0.15, -0.1) is 11.6 Å². The fourth-order valence-corrected chi connectivity index (χ4v) is 2.60. The lowest BCUT2D eigenvalue weighted by atomic mass is 10.3. The molecule has 2 aromatic heterocycles. The molecule has 0 aromatic carbocycles. The van der Waals surface area contributed by atoms with E-state index in [-0.39, 0.29) is 11.8 Å². The van der Waals surface area contributed by atoms with Gasteiger partial charge in [0.1, 0.15) is 11.3 Å². The average Bonchev–Trinajstić information content (AvgIpc) is 3.25. The minimum absolute atomic E-state index is 0.169. The van der Waals surface area contributed by atoms with Gasteiger partial charge in [0.2, 0.25) is 5.91 Å². The number of nitrogens with zero attached hydrogens (tertiary/aromatic N) is 3. The van der Waals surface area contributed by atoms with E-state index in [0.717, 1.165) is 35.5 Å². The molecule has 0 aliphatic heterocycles. The van der Waals surface area contributed by atoms with Crippen molar-refractivity contribution in [2.75, 3.05) is 12.4 Å². The number of halogens is 1. The number of aromatic nitrogens is 3. The van der Waals surface area contributed by atoms with E-state index in [1.54, 1.807) is 0 Å². The van der Waals surface area contributed by atoms with Crippen LogP contribution in [0.2, 0.25) is 0 Å². The molecule has 112 valence electrons. The van der Waals surface area contributed by atoms with Crippen LogP contribution in [0.3, 0.4) is 0 Å². The Morgan fingerprint density at radius 3 is 2.95 bits per heavy atom. The molecule has 5 nitrogen and oxygen atoms in total. The van der Waals surface area contributed by atoms with Crippen molar-refractivity contribution in [1.82, 2.24) is 19.9 Å². The average molecular weight is 307 g/mol. The van der Waals surface area contributed by atoms with Crippen molar-refractivity contribution in [3.05, 3.63) is 23.7 Å². The Balaban J connectivity index is 1.78. The monoisotopic (exact) mass is 306 g/mol. The predicted molar refractivity (Wildman–Crippen MR) is 82.4 cm³/mol. The normalized spacial score (nSPS) is 14.6. The first-order valence-corrected chi connectivity index (χ1v) is 7.89. The van der Waals surface area contributed by atoms with Gasteiger partial charge in [-0.25, -0.2) is 9.97 Å². The largest absolute Gasteiger partial charge is 0.354 e. The van der Waals surface area contributed by atoms with E-state index in [0.29, 0.717) is 25.4 Å². The summed E-state index contributed by atoms with van der Waals surface area (Å²) in [5.74, 6) is 1.87. The minimum Gasteiger partial charge on any atom is -0.354 e. The van der Waals surface area contributed by atoms with Crippen molar-refractivity contribution in [1.29, 1.82) is 0 Å². The summed E-state index contributed by atoms with van der Waals surface area (Å²) in [6.45, 7) is 3.25. The van der Waals surface area contributed by atoms with Gasteiger partial charge in [0.25, 0.3) is 0 Å². The second kappa shape index (κ2) is 6.02. The molecule has 1 aliphatic carbocycles. The summed E-state index contributed by atoms with van der Waals surface area (Å²) in [5.41, 5.74) is 2.72. The third kappa shape index (κ3) is 3.18. The Morgan fingerprint density at radius 1 is 1.43 bits per heavy atom. The van der Waals surface area contributed by atoms with Crippen LogP contribution in [0.4, 0.5) is 0 Å². The number of carbonyl (C=O) groups excluding carboxylic acids is 1. The zero-order valence-electron chi connectivity index (χ0n) is 12.1. The van der Waals surface area contributed by atoms with Gasteiger partial charge in [-0.05, 0) is 31.9 Å². The number of alkyl halides is 1. The van der Waals surface area contributed by atoms with Crippen LogP contribution in [-0.2, 0) is 17.8 Å². The molecule has 21 heavy (non-hydrogen) atoms. The quantitative estimate of drug-likeness (QED) is 0.831. The van der Waals surface area contributed by atoms with Crippen molar-refractivity contribution < 1.29 is 4.79 Å². The number of imidazole rings is 1. The Kier molecular flexibility index (Phi) is 4.10. The van der Waals surface area contributed by atoms with Gasteiger partial charge < -0.3 is 9.88 Å². The summed E-state index contributed by atoms with van der Waals surface area (Å²) in [5, 5.41) is 2.98. The lowest BCUT2D eigenvalue weighted by Crippen LogP contribution is -2.28. The molecule has 3 rings (SSSR count). The van der Waals surface area contributed by atoms with Crippen LogP contribution >= 0.6 is 11.6 Å². The van der Waals surface area contributed by atoms with Crippen molar-refractivity contribution in [3.8, 4) is 0 Å². The second-order valence-electron chi connectivity index (χ2n) is 5.48. The predicted octanol–water partition coefficient (Wildman–Crippen LogP) is 2.05. The Morgan fingerprint density at radius 2 is 2.24 bits per heavy atom. The highest BCUT2D eigenvalue weighted by atomic mass is 35.5. The highest BCUT2D eigenvalue weighted by Crippen LogP contribution is 2.28. The number of hydrogen-bond donors (Lipinski definition) is 1. The summed E-state index contributed by atoms with van der Waals surface area (Å²) < 4.78 is 2.07. The molecule has 2 heterocycles. The molecule has 6 heteroatoms. The fourth-order valence-electron chi connectivity index (χ4n) is 2.43. The summed E-state index contributed by atoms with van der Waals surface area (Å²) in [4.78, 5) is 20.8. The molecule has 0 unspecified atom stereocenters. The highest BCUT2D eigenvalue weighted by molar-refractivity contribution is 6.17. The van der Waals surface area contributed by atoms with Gasteiger partial charge in [0, 0.05) is 37.0 Å². The number of hydrogen-bond acceptors (Lipinski definition) is 3. The van der Waals surface area contributed by atoms with Crippen LogP contribution in [0.15, 0.2) is 12.1 Å². The first kappa shape index (κ1) is 14.3. The third-order valence-corrected chi connectivity index (χ3v) is 3.90. The Bertz CT molecular complexity index is 663. The van der Waals surface area contributed by atoms with E-state index in [4.69, 9.17) is 11.6 Å². The maximum Gasteiger partial charge on any atom is 0.223 e. The summed E-state index contributed by atoms with van der Waals surface area (Å²) in [7, 11) is 0. The summed E-state index contributed by atoms with van der Waals surface area (Å²) in [6.07, 6.45) is 2.75. The van der Waals surface area contributed by atoms with Crippen LogP contribution in [0, 0.1) is 12.8 Å². The molecule has 0 radical (unpaired) electrons. The number of rotatable bonds is 6. The molecule has 0 atom stereocenters. The van der Waals surface area contributed by atoms with Gasteiger partial charge in [0.15, 0.2) is 5.65 Å². The van der Waals surface area contributed by atoms with Gasteiger partial charge in [-0.2, -0.15) is 0 Å². The van der Waals surface area contributed by atoms with Crippen LogP contribution in [0.5, 0.6) is 0 Å². The first-order chi connectivity index (χ1) is 10.2. The molecule has 1 amide bonds.